The van der Waals surface area contributed by atoms with Gasteiger partial charge in [-0.3, -0.25) is 14.4 Å². The van der Waals surface area contributed by atoms with Crippen LogP contribution in [0.3, 0.4) is 0 Å². The van der Waals surface area contributed by atoms with Crippen LogP contribution in [0, 0.1) is 0 Å². The van der Waals surface area contributed by atoms with Crippen molar-refractivity contribution in [3.05, 3.63) is 72.9 Å². The van der Waals surface area contributed by atoms with Crippen LogP contribution in [0.25, 0.3) is 0 Å². The van der Waals surface area contributed by atoms with Crippen LogP contribution in [-0.2, 0) is 28.6 Å². The average molecular weight is 823 g/mol. The van der Waals surface area contributed by atoms with E-state index in [4.69, 9.17) is 14.2 Å². The van der Waals surface area contributed by atoms with E-state index in [1.54, 1.807) is 0 Å². The van der Waals surface area contributed by atoms with E-state index >= 15 is 0 Å². The van der Waals surface area contributed by atoms with E-state index in [0.29, 0.717) is 19.3 Å². The van der Waals surface area contributed by atoms with E-state index < -0.39 is 6.10 Å². The fourth-order valence-corrected chi connectivity index (χ4v) is 6.53. The number of ether oxygens (including phenoxy) is 3. The average Bonchev–Trinajstić information content (AvgIpc) is 3.23. The van der Waals surface area contributed by atoms with Gasteiger partial charge in [0.25, 0.3) is 0 Å². The maximum Gasteiger partial charge on any atom is 0.306 e. The Hall–Kier alpha value is -3.15. The summed E-state index contributed by atoms with van der Waals surface area (Å²) in [6, 6.07) is 0. The summed E-state index contributed by atoms with van der Waals surface area (Å²) in [5.74, 6) is -0.997. The van der Waals surface area contributed by atoms with Crippen molar-refractivity contribution in [3.63, 3.8) is 0 Å². The van der Waals surface area contributed by atoms with Crippen molar-refractivity contribution >= 4 is 17.9 Å². The number of carbonyl (C=O) groups excluding carboxylic acids is 3. The Balaban J connectivity index is 4.48. The van der Waals surface area contributed by atoms with E-state index in [1.807, 2.05) is 12.2 Å². The minimum Gasteiger partial charge on any atom is -0.462 e. The van der Waals surface area contributed by atoms with Gasteiger partial charge in [-0.25, -0.2) is 0 Å². The molecule has 0 aliphatic carbocycles. The molecule has 0 aromatic carbocycles. The molecule has 0 bridgehead atoms. The van der Waals surface area contributed by atoms with Crippen LogP contribution in [0.15, 0.2) is 72.9 Å². The highest BCUT2D eigenvalue weighted by Crippen LogP contribution is 2.15. The molecule has 6 heteroatoms. The zero-order valence-electron chi connectivity index (χ0n) is 38.5. The molecule has 0 radical (unpaired) electrons. The first-order chi connectivity index (χ1) is 29.0. The van der Waals surface area contributed by atoms with Crippen molar-refractivity contribution in [3.8, 4) is 0 Å². The van der Waals surface area contributed by atoms with Gasteiger partial charge in [-0.15, -0.1) is 0 Å². The Kier molecular flexibility index (Phi) is 45.0. The maximum absolute atomic E-state index is 12.8. The van der Waals surface area contributed by atoms with Crippen LogP contribution in [0.4, 0.5) is 0 Å². The fourth-order valence-electron chi connectivity index (χ4n) is 6.53. The number of carbonyl (C=O) groups is 3. The summed E-state index contributed by atoms with van der Waals surface area (Å²) in [5.41, 5.74) is 0. The van der Waals surface area contributed by atoms with Crippen molar-refractivity contribution in [1.29, 1.82) is 0 Å². The molecule has 0 aliphatic heterocycles. The second-order valence-corrected chi connectivity index (χ2v) is 16.0. The van der Waals surface area contributed by atoms with Gasteiger partial charge in [0.2, 0.25) is 0 Å². The lowest BCUT2D eigenvalue weighted by Crippen LogP contribution is -2.30. The van der Waals surface area contributed by atoms with Gasteiger partial charge in [0.1, 0.15) is 13.2 Å². The van der Waals surface area contributed by atoms with E-state index in [1.165, 1.54) is 96.3 Å². The first kappa shape index (κ1) is 55.9. The first-order valence-electron chi connectivity index (χ1n) is 24.4. The maximum atomic E-state index is 12.8. The molecule has 0 aromatic heterocycles. The summed E-state index contributed by atoms with van der Waals surface area (Å²) in [7, 11) is 0. The molecule has 0 aliphatic rings. The quantitative estimate of drug-likeness (QED) is 0.0264. The highest BCUT2D eigenvalue weighted by molar-refractivity contribution is 5.71. The second-order valence-electron chi connectivity index (χ2n) is 16.0. The Morgan fingerprint density at radius 3 is 1.19 bits per heavy atom. The number of rotatable bonds is 43. The van der Waals surface area contributed by atoms with E-state index in [2.05, 4.69) is 81.5 Å². The molecule has 59 heavy (non-hydrogen) atoms. The SMILES string of the molecule is CC/C=C\C/C=C\C/C=C\C/C=C\C/C=C\CCC(=O)OCC(COC(=O)CCCCCCC/C=C\CCCC)OC(=O)CCCCCCCCCCCCCCCC. The van der Waals surface area contributed by atoms with E-state index in [-0.39, 0.29) is 37.5 Å². The Labute approximate surface area is 363 Å². The smallest absolute Gasteiger partial charge is 0.306 e. The van der Waals surface area contributed by atoms with Gasteiger partial charge in [-0.1, -0.05) is 209 Å². The predicted octanol–water partition coefficient (Wildman–Crippen LogP) is 15.9. The standard InChI is InChI=1S/C53H90O6/c1-4-7-10-13-16-19-22-24-26-27-29-31-34-37-40-43-46-52(55)58-49-50(48-57-51(54)45-42-39-36-33-30-21-18-15-12-9-6-3)59-53(56)47-44-41-38-35-32-28-25-23-20-17-14-11-8-5-2/h7,10,15-16,18-19,24,26,29,31,37,40,50H,4-6,8-9,11-14,17,20-23,25,27-28,30,32-36,38-39,41-49H2,1-3H3/b10-7-,18-15-,19-16-,26-24-,31-29-,40-37-. The zero-order chi connectivity index (χ0) is 43.0. The topological polar surface area (TPSA) is 78.9 Å². The molecule has 0 heterocycles. The minimum atomic E-state index is -0.805. The van der Waals surface area contributed by atoms with E-state index in [0.717, 1.165) is 83.5 Å². The van der Waals surface area contributed by atoms with Gasteiger partial charge in [-0.05, 0) is 70.6 Å². The lowest BCUT2D eigenvalue weighted by atomic mass is 10.0. The molecule has 338 valence electrons. The molecule has 6 nitrogen and oxygen atoms in total. The molecule has 0 amide bonds. The van der Waals surface area contributed by atoms with Crippen LogP contribution < -0.4 is 0 Å². The van der Waals surface area contributed by atoms with E-state index in [9.17, 15) is 14.4 Å². The Morgan fingerprint density at radius 2 is 0.712 bits per heavy atom. The van der Waals surface area contributed by atoms with Crippen LogP contribution in [0.2, 0.25) is 0 Å². The molecule has 0 saturated carbocycles. The third-order valence-corrected chi connectivity index (χ3v) is 10.2. The molecule has 1 unspecified atom stereocenters. The number of allylic oxidation sites excluding steroid dienone is 12. The molecular weight excluding hydrogens is 733 g/mol. The molecule has 0 saturated heterocycles. The van der Waals surface area contributed by atoms with Gasteiger partial charge in [0.05, 0.1) is 0 Å². The fraction of sp³-hybridized carbons (Fsp3) is 0.717. The van der Waals surface area contributed by atoms with Crippen LogP contribution in [0.1, 0.15) is 226 Å². The van der Waals surface area contributed by atoms with Gasteiger partial charge < -0.3 is 14.2 Å². The molecule has 1 atom stereocenters. The predicted molar refractivity (Wildman–Crippen MR) is 251 cm³/mol. The molecule has 0 rings (SSSR count). The number of unbranched alkanes of at least 4 members (excludes halogenated alkanes) is 20. The lowest BCUT2D eigenvalue weighted by molar-refractivity contribution is -0.166. The summed E-state index contributed by atoms with van der Waals surface area (Å²) >= 11 is 0. The molecule has 0 aromatic rings. The van der Waals surface area contributed by atoms with Crippen LogP contribution in [0.5, 0.6) is 0 Å². The van der Waals surface area contributed by atoms with Gasteiger partial charge in [0.15, 0.2) is 6.10 Å². The lowest BCUT2D eigenvalue weighted by Gasteiger charge is -2.18. The van der Waals surface area contributed by atoms with Crippen molar-refractivity contribution in [2.24, 2.45) is 0 Å². The molecular formula is C53H90O6. The largest absolute Gasteiger partial charge is 0.462 e. The monoisotopic (exact) mass is 823 g/mol. The molecule has 0 N–H and O–H groups in total. The highest BCUT2D eigenvalue weighted by Gasteiger charge is 2.19. The summed E-state index contributed by atoms with van der Waals surface area (Å²) in [4.78, 5) is 37.8. The summed E-state index contributed by atoms with van der Waals surface area (Å²) < 4.78 is 16.7. The van der Waals surface area contributed by atoms with Crippen molar-refractivity contribution < 1.29 is 28.6 Å². The highest BCUT2D eigenvalue weighted by atomic mass is 16.6. The van der Waals surface area contributed by atoms with Crippen molar-refractivity contribution in [2.75, 3.05) is 13.2 Å². The Bertz CT molecular complexity index is 1130. The van der Waals surface area contributed by atoms with Crippen molar-refractivity contribution in [2.45, 2.75) is 232 Å². The van der Waals surface area contributed by atoms with Crippen LogP contribution >= 0.6 is 0 Å². The normalized spacial score (nSPS) is 12.7. The second kappa shape index (κ2) is 47.5. The number of hydrogen-bond donors (Lipinski definition) is 0. The Morgan fingerprint density at radius 1 is 0.356 bits per heavy atom. The molecule has 0 fully saturated rings. The van der Waals surface area contributed by atoms with Gasteiger partial charge in [-0.2, -0.15) is 0 Å². The third kappa shape index (κ3) is 45.8. The summed E-state index contributed by atoms with van der Waals surface area (Å²) in [5, 5.41) is 0. The number of esters is 3. The number of hydrogen-bond acceptors (Lipinski definition) is 6. The first-order valence-corrected chi connectivity index (χ1v) is 24.4. The summed E-state index contributed by atoms with van der Waals surface area (Å²) in [6.07, 6.45) is 58.9. The zero-order valence-corrected chi connectivity index (χ0v) is 38.5. The van der Waals surface area contributed by atoms with Crippen LogP contribution in [-0.4, -0.2) is 37.2 Å². The third-order valence-electron chi connectivity index (χ3n) is 10.2. The van der Waals surface area contributed by atoms with Crippen molar-refractivity contribution in [1.82, 2.24) is 0 Å². The summed E-state index contributed by atoms with van der Waals surface area (Å²) in [6.45, 7) is 6.41. The van der Waals surface area contributed by atoms with Gasteiger partial charge >= 0.3 is 17.9 Å². The van der Waals surface area contributed by atoms with Gasteiger partial charge in [0, 0.05) is 19.3 Å². The molecule has 0 spiro atoms. The minimum absolute atomic E-state index is 0.101.